The van der Waals surface area contributed by atoms with E-state index in [1.165, 1.54) is 0 Å². The number of carboxylic acid groups (broad SMARTS) is 2. The minimum atomic E-state index is -1.23. The third-order valence-corrected chi connectivity index (χ3v) is 4.33. The number of carboxylic acids is 2. The van der Waals surface area contributed by atoms with Crippen molar-refractivity contribution in [2.45, 2.75) is 57.7 Å². The average Bonchev–Trinajstić information content (AvgIpc) is 3.14. The summed E-state index contributed by atoms with van der Waals surface area (Å²) in [5, 5.41) is 28.1. The first kappa shape index (κ1) is 23.3. The van der Waals surface area contributed by atoms with E-state index in [1.54, 1.807) is 13.8 Å². The highest BCUT2D eigenvalue weighted by atomic mass is 16.4. The van der Waals surface area contributed by atoms with Crippen LogP contribution in [0.3, 0.4) is 0 Å². The first-order chi connectivity index (χ1) is 13.1. The van der Waals surface area contributed by atoms with E-state index < -0.39 is 48.2 Å². The highest BCUT2D eigenvalue weighted by Crippen LogP contribution is 2.06. The number of carbonyl (C=O) groups is 5. The lowest BCUT2D eigenvalue weighted by Gasteiger charge is -2.23. The van der Waals surface area contributed by atoms with Crippen LogP contribution in [-0.4, -0.2) is 71.1 Å². The zero-order chi connectivity index (χ0) is 21.3. The van der Waals surface area contributed by atoms with E-state index >= 15 is 0 Å². The van der Waals surface area contributed by atoms with Crippen LogP contribution in [-0.2, 0) is 24.0 Å². The fourth-order valence-corrected chi connectivity index (χ4v) is 2.75. The van der Waals surface area contributed by atoms with E-state index in [4.69, 9.17) is 5.11 Å². The summed E-state index contributed by atoms with van der Waals surface area (Å²) in [7, 11) is 0. The first-order valence-corrected chi connectivity index (χ1v) is 9.17. The first-order valence-electron chi connectivity index (χ1n) is 9.17. The van der Waals surface area contributed by atoms with Crippen LogP contribution in [0.2, 0.25) is 0 Å². The molecule has 11 nitrogen and oxygen atoms in total. The Morgan fingerprint density at radius 1 is 1.11 bits per heavy atom. The Labute approximate surface area is 162 Å². The minimum absolute atomic E-state index is 0.213. The Morgan fingerprint density at radius 3 is 2.29 bits per heavy atom. The summed E-state index contributed by atoms with van der Waals surface area (Å²) >= 11 is 0. The Hall–Kier alpha value is -2.69. The molecule has 3 atom stereocenters. The smallest absolute Gasteiger partial charge is 0.326 e. The van der Waals surface area contributed by atoms with E-state index in [0.717, 1.165) is 13.0 Å². The van der Waals surface area contributed by atoms with Crippen molar-refractivity contribution < 1.29 is 34.2 Å². The average molecular weight is 400 g/mol. The van der Waals surface area contributed by atoms with Crippen LogP contribution in [0.4, 0.5) is 0 Å². The van der Waals surface area contributed by atoms with Gasteiger partial charge in [-0.2, -0.15) is 0 Å². The summed E-state index contributed by atoms with van der Waals surface area (Å²) in [5.41, 5.74) is 0. The van der Waals surface area contributed by atoms with Crippen molar-refractivity contribution in [1.29, 1.82) is 0 Å². The van der Waals surface area contributed by atoms with Gasteiger partial charge in [0.25, 0.3) is 0 Å². The van der Waals surface area contributed by atoms with Gasteiger partial charge in [-0.3, -0.25) is 19.2 Å². The molecule has 0 saturated carbocycles. The van der Waals surface area contributed by atoms with E-state index in [2.05, 4.69) is 21.3 Å². The summed E-state index contributed by atoms with van der Waals surface area (Å²) < 4.78 is 0. The maximum atomic E-state index is 12.4. The fraction of sp³-hybridized carbons (Fsp3) is 0.706. The zero-order valence-corrected chi connectivity index (χ0v) is 16.0. The third-order valence-electron chi connectivity index (χ3n) is 4.33. The largest absolute Gasteiger partial charge is 0.481 e. The molecule has 1 aliphatic rings. The van der Waals surface area contributed by atoms with Crippen molar-refractivity contribution in [2.75, 3.05) is 13.1 Å². The van der Waals surface area contributed by atoms with E-state index in [9.17, 15) is 29.1 Å². The monoisotopic (exact) mass is 400 g/mol. The quantitative estimate of drug-likeness (QED) is 0.241. The summed E-state index contributed by atoms with van der Waals surface area (Å²) in [6.45, 7) is 3.57. The number of carbonyl (C=O) groups excluding carboxylic acids is 3. The molecule has 3 amide bonds. The third kappa shape index (κ3) is 7.91. The van der Waals surface area contributed by atoms with Crippen LogP contribution in [0.25, 0.3) is 0 Å². The lowest BCUT2D eigenvalue weighted by Crippen LogP contribution is -2.54. The number of hydrogen-bond donors (Lipinski definition) is 6. The molecule has 0 aromatic carbocycles. The van der Waals surface area contributed by atoms with Gasteiger partial charge in [0, 0.05) is 6.42 Å². The van der Waals surface area contributed by atoms with Gasteiger partial charge in [0.2, 0.25) is 17.7 Å². The van der Waals surface area contributed by atoms with E-state index in [-0.39, 0.29) is 24.9 Å². The van der Waals surface area contributed by atoms with Gasteiger partial charge in [0.1, 0.15) is 12.1 Å². The number of nitrogens with one attached hydrogen (secondary N) is 4. The standard InChI is InChI=1S/C17H28N4O7/c1-9(2)14(17(27)28)21-16(26)11(5-6-13(23)24)20-12(22)8-19-15(25)10-4-3-7-18-10/h9-11,14,18H,3-8H2,1-2H3,(H,19,25)(H,20,22)(H,21,26)(H,23,24)(H,27,28). The molecular weight excluding hydrogens is 372 g/mol. The Bertz CT molecular complexity index is 602. The minimum Gasteiger partial charge on any atom is -0.481 e. The second-order valence-electron chi connectivity index (χ2n) is 6.99. The number of amides is 3. The lowest BCUT2D eigenvalue weighted by atomic mass is 10.0. The maximum absolute atomic E-state index is 12.4. The molecule has 1 rings (SSSR count). The normalized spacial score (nSPS) is 18.2. The van der Waals surface area contributed by atoms with Gasteiger partial charge < -0.3 is 31.5 Å². The fourth-order valence-electron chi connectivity index (χ4n) is 2.75. The summed E-state index contributed by atoms with van der Waals surface area (Å²) in [6, 6.07) is -2.77. The van der Waals surface area contributed by atoms with Gasteiger partial charge in [0.05, 0.1) is 12.6 Å². The van der Waals surface area contributed by atoms with Crippen LogP contribution in [0.15, 0.2) is 0 Å². The molecular formula is C17H28N4O7. The van der Waals surface area contributed by atoms with Crippen molar-refractivity contribution in [3.8, 4) is 0 Å². The number of rotatable bonds is 11. The van der Waals surface area contributed by atoms with Gasteiger partial charge in [-0.1, -0.05) is 13.8 Å². The SMILES string of the molecule is CC(C)C(NC(=O)C(CCC(=O)O)NC(=O)CNC(=O)C1CCCN1)C(=O)O. The molecule has 0 bridgehead atoms. The molecule has 3 unspecified atom stereocenters. The molecule has 158 valence electrons. The van der Waals surface area contributed by atoms with Gasteiger partial charge >= 0.3 is 11.9 Å². The molecule has 11 heteroatoms. The van der Waals surface area contributed by atoms with Gasteiger partial charge in [-0.05, 0) is 31.7 Å². The van der Waals surface area contributed by atoms with Crippen LogP contribution in [0, 0.1) is 5.92 Å². The Balaban J connectivity index is 2.64. The summed E-state index contributed by atoms with van der Waals surface area (Å²) in [4.78, 5) is 58.4. The van der Waals surface area contributed by atoms with E-state index in [0.29, 0.717) is 6.42 Å². The van der Waals surface area contributed by atoms with Gasteiger partial charge in [0.15, 0.2) is 0 Å². The van der Waals surface area contributed by atoms with Crippen LogP contribution < -0.4 is 21.3 Å². The van der Waals surface area contributed by atoms with Crippen LogP contribution in [0.1, 0.15) is 39.5 Å². The summed E-state index contributed by atoms with van der Waals surface area (Å²) in [5.74, 6) is -4.59. The summed E-state index contributed by atoms with van der Waals surface area (Å²) in [6.07, 6.45) is 0.927. The number of aliphatic carboxylic acids is 2. The molecule has 0 spiro atoms. The Morgan fingerprint density at radius 2 is 1.79 bits per heavy atom. The molecule has 1 heterocycles. The van der Waals surface area contributed by atoms with Crippen molar-refractivity contribution in [1.82, 2.24) is 21.3 Å². The predicted octanol–water partition coefficient (Wildman–Crippen LogP) is -1.57. The van der Waals surface area contributed by atoms with Crippen molar-refractivity contribution in [3.63, 3.8) is 0 Å². The predicted molar refractivity (Wildman–Crippen MR) is 97.2 cm³/mol. The molecule has 1 fully saturated rings. The molecule has 0 aromatic rings. The van der Waals surface area contributed by atoms with Crippen molar-refractivity contribution in [2.24, 2.45) is 5.92 Å². The van der Waals surface area contributed by atoms with E-state index in [1.807, 2.05) is 0 Å². The number of hydrogen-bond acceptors (Lipinski definition) is 6. The second-order valence-corrected chi connectivity index (χ2v) is 6.99. The van der Waals surface area contributed by atoms with Crippen LogP contribution >= 0.6 is 0 Å². The molecule has 1 saturated heterocycles. The molecule has 1 aliphatic heterocycles. The maximum Gasteiger partial charge on any atom is 0.326 e. The topological polar surface area (TPSA) is 174 Å². The molecule has 28 heavy (non-hydrogen) atoms. The lowest BCUT2D eigenvalue weighted by molar-refractivity contribution is -0.144. The highest BCUT2D eigenvalue weighted by Gasteiger charge is 2.29. The zero-order valence-electron chi connectivity index (χ0n) is 16.0. The molecule has 6 N–H and O–H groups in total. The van der Waals surface area contributed by atoms with Crippen molar-refractivity contribution >= 4 is 29.7 Å². The van der Waals surface area contributed by atoms with Crippen molar-refractivity contribution in [3.05, 3.63) is 0 Å². The Kier molecular flexibility index (Phi) is 9.36. The highest BCUT2D eigenvalue weighted by molar-refractivity contribution is 5.92. The van der Waals surface area contributed by atoms with Crippen LogP contribution in [0.5, 0.6) is 0 Å². The van der Waals surface area contributed by atoms with Gasteiger partial charge in [-0.25, -0.2) is 4.79 Å². The molecule has 0 aromatic heterocycles. The molecule has 0 radical (unpaired) electrons. The van der Waals surface area contributed by atoms with Gasteiger partial charge in [-0.15, -0.1) is 0 Å². The molecule has 0 aliphatic carbocycles. The second kappa shape index (κ2) is 11.2.